The molecule has 1 heterocycles. The molecule has 5 nitrogen and oxygen atoms in total. The summed E-state index contributed by atoms with van der Waals surface area (Å²) < 4.78 is 40.0. The van der Waals surface area contributed by atoms with Gasteiger partial charge < -0.3 is 11.1 Å². The van der Waals surface area contributed by atoms with Crippen molar-refractivity contribution in [3.8, 4) is 5.69 Å². The first-order chi connectivity index (χ1) is 13.8. The first kappa shape index (κ1) is 19.0. The van der Waals surface area contributed by atoms with Gasteiger partial charge in [-0.15, -0.1) is 0 Å². The van der Waals surface area contributed by atoms with Gasteiger partial charge in [0.2, 0.25) is 0 Å². The van der Waals surface area contributed by atoms with Crippen molar-refractivity contribution in [2.24, 2.45) is 0 Å². The minimum absolute atomic E-state index is 0.226. The van der Waals surface area contributed by atoms with Crippen LogP contribution in [0.1, 0.15) is 39.9 Å². The molecule has 1 aromatic heterocycles. The fourth-order valence-electron chi connectivity index (χ4n) is 3.54. The highest BCUT2D eigenvalue weighted by molar-refractivity contribution is 6.07. The van der Waals surface area contributed by atoms with E-state index in [0.717, 1.165) is 43.4 Å². The Morgan fingerprint density at radius 2 is 1.79 bits per heavy atom. The average Bonchev–Trinajstić information content (AvgIpc) is 3.15. The lowest BCUT2D eigenvalue weighted by atomic mass is 9.89. The minimum Gasteiger partial charge on any atom is -0.398 e. The van der Waals surface area contributed by atoms with Gasteiger partial charge in [-0.25, -0.2) is 4.68 Å². The van der Waals surface area contributed by atoms with Gasteiger partial charge in [0.05, 0.1) is 16.8 Å². The number of hydrogen-bond acceptors (Lipinski definition) is 3. The molecule has 0 atom stereocenters. The lowest BCUT2D eigenvalue weighted by Crippen LogP contribution is -2.16. The predicted octanol–water partition coefficient (Wildman–Crippen LogP) is 4.60. The molecular weight excluding hydrogens is 381 g/mol. The molecule has 29 heavy (non-hydrogen) atoms. The summed E-state index contributed by atoms with van der Waals surface area (Å²) in [6.07, 6.45) is 1.12. The Morgan fingerprint density at radius 1 is 1.07 bits per heavy atom. The third kappa shape index (κ3) is 3.96. The molecule has 0 saturated carbocycles. The Hall–Kier alpha value is -3.29. The zero-order valence-corrected chi connectivity index (χ0v) is 15.5. The van der Waals surface area contributed by atoms with Crippen LogP contribution in [0.5, 0.6) is 0 Å². The number of alkyl halides is 3. The summed E-state index contributed by atoms with van der Waals surface area (Å²) in [4.78, 5) is 12.7. The maximum atomic E-state index is 12.9. The third-order valence-corrected chi connectivity index (χ3v) is 5.03. The number of hydrogen-bond donors (Lipinski definition) is 2. The van der Waals surface area contributed by atoms with Crippen molar-refractivity contribution in [3.63, 3.8) is 0 Å². The molecule has 2 aromatic carbocycles. The van der Waals surface area contributed by atoms with Gasteiger partial charge in [-0.05, 0) is 67.1 Å². The zero-order chi connectivity index (χ0) is 20.6. The Bertz CT molecular complexity index is 1070. The summed E-state index contributed by atoms with van der Waals surface area (Å²) in [5.41, 5.74) is 8.63. The van der Waals surface area contributed by atoms with E-state index in [9.17, 15) is 18.0 Å². The summed E-state index contributed by atoms with van der Waals surface area (Å²) in [6, 6.07) is 10.0. The molecular formula is C21H19F3N4O. The van der Waals surface area contributed by atoms with E-state index in [1.807, 2.05) is 12.1 Å². The number of amides is 1. The molecule has 0 aliphatic heterocycles. The van der Waals surface area contributed by atoms with Crippen molar-refractivity contribution in [1.82, 2.24) is 9.78 Å². The number of nitrogens with two attached hydrogens (primary N) is 1. The maximum absolute atomic E-state index is 12.9. The highest BCUT2D eigenvalue weighted by atomic mass is 19.4. The fourth-order valence-corrected chi connectivity index (χ4v) is 3.54. The normalized spacial score (nSPS) is 13.8. The highest BCUT2D eigenvalue weighted by Crippen LogP contribution is 2.30. The largest absolute Gasteiger partial charge is 0.416 e. The van der Waals surface area contributed by atoms with Gasteiger partial charge in [0, 0.05) is 18.0 Å². The van der Waals surface area contributed by atoms with E-state index in [4.69, 9.17) is 5.73 Å². The second-order valence-corrected chi connectivity index (χ2v) is 7.06. The zero-order valence-electron chi connectivity index (χ0n) is 15.5. The first-order valence-electron chi connectivity index (χ1n) is 9.27. The number of aryl methyl sites for hydroxylation is 2. The van der Waals surface area contributed by atoms with Crippen LogP contribution < -0.4 is 11.1 Å². The van der Waals surface area contributed by atoms with Gasteiger partial charge >= 0.3 is 6.18 Å². The number of benzene rings is 2. The number of halogens is 3. The molecule has 0 saturated heterocycles. The average molecular weight is 400 g/mol. The van der Waals surface area contributed by atoms with E-state index in [1.54, 1.807) is 0 Å². The van der Waals surface area contributed by atoms with Gasteiger partial charge in [0.25, 0.3) is 5.91 Å². The van der Waals surface area contributed by atoms with E-state index in [1.165, 1.54) is 34.6 Å². The lowest BCUT2D eigenvalue weighted by molar-refractivity contribution is -0.137. The quantitative estimate of drug-likeness (QED) is 0.631. The summed E-state index contributed by atoms with van der Waals surface area (Å²) in [5.74, 6) is -0.172. The SMILES string of the molecule is Nc1cc2c(cc1C(=O)Nc1ccn(-c3cccc(C(F)(F)F)c3)n1)CCCC2. The van der Waals surface area contributed by atoms with Gasteiger partial charge in [-0.3, -0.25) is 4.79 Å². The molecule has 150 valence electrons. The van der Waals surface area contributed by atoms with E-state index in [0.29, 0.717) is 11.3 Å². The number of carbonyl (C=O) groups excluding carboxylic acids is 1. The van der Waals surface area contributed by atoms with Crippen molar-refractivity contribution in [2.45, 2.75) is 31.9 Å². The van der Waals surface area contributed by atoms with Gasteiger partial charge in [0.1, 0.15) is 0 Å². The third-order valence-electron chi connectivity index (χ3n) is 5.03. The molecule has 0 bridgehead atoms. The second-order valence-electron chi connectivity index (χ2n) is 7.06. The number of fused-ring (bicyclic) bond motifs is 1. The molecule has 1 amide bonds. The van der Waals surface area contributed by atoms with E-state index in [-0.39, 0.29) is 11.5 Å². The maximum Gasteiger partial charge on any atom is 0.416 e. The van der Waals surface area contributed by atoms with E-state index >= 15 is 0 Å². The number of nitrogen functional groups attached to an aromatic ring is 1. The highest BCUT2D eigenvalue weighted by Gasteiger charge is 2.30. The summed E-state index contributed by atoms with van der Waals surface area (Å²) in [5, 5.41) is 6.83. The second kappa shape index (κ2) is 7.27. The van der Waals surface area contributed by atoms with Crippen LogP contribution in [0, 0.1) is 0 Å². The van der Waals surface area contributed by atoms with Gasteiger partial charge in [-0.2, -0.15) is 18.3 Å². The topological polar surface area (TPSA) is 72.9 Å². The van der Waals surface area contributed by atoms with Crippen LogP contribution in [0.15, 0.2) is 48.7 Å². The molecule has 0 unspecified atom stereocenters. The molecule has 3 aromatic rings. The molecule has 8 heteroatoms. The van der Waals surface area contributed by atoms with Gasteiger partial charge in [-0.1, -0.05) is 6.07 Å². The summed E-state index contributed by atoms with van der Waals surface area (Å²) >= 11 is 0. The van der Waals surface area contributed by atoms with E-state index < -0.39 is 17.6 Å². The molecule has 0 spiro atoms. The predicted molar refractivity (Wildman–Crippen MR) is 104 cm³/mol. The van der Waals surface area contributed by atoms with Crippen LogP contribution in [-0.2, 0) is 19.0 Å². The summed E-state index contributed by atoms with van der Waals surface area (Å²) in [7, 11) is 0. The van der Waals surface area contributed by atoms with Crippen molar-refractivity contribution >= 4 is 17.4 Å². The number of carbonyl (C=O) groups is 1. The van der Waals surface area contributed by atoms with E-state index in [2.05, 4.69) is 10.4 Å². The van der Waals surface area contributed by atoms with Crippen LogP contribution in [0.2, 0.25) is 0 Å². The molecule has 1 aliphatic carbocycles. The van der Waals surface area contributed by atoms with Crippen LogP contribution in [0.4, 0.5) is 24.7 Å². The molecule has 1 aliphatic rings. The number of rotatable bonds is 3. The molecule has 4 rings (SSSR count). The number of nitrogens with zero attached hydrogens (tertiary/aromatic N) is 2. The Labute approximate surface area is 165 Å². The van der Waals surface area contributed by atoms with Crippen LogP contribution in [-0.4, -0.2) is 15.7 Å². The van der Waals surface area contributed by atoms with Crippen molar-refractivity contribution in [1.29, 1.82) is 0 Å². The first-order valence-corrected chi connectivity index (χ1v) is 9.27. The Morgan fingerprint density at radius 3 is 2.52 bits per heavy atom. The molecule has 0 radical (unpaired) electrons. The minimum atomic E-state index is -4.44. The van der Waals surface area contributed by atoms with Crippen molar-refractivity contribution < 1.29 is 18.0 Å². The lowest BCUT2D eigenvalue weighted by Gasteiger charge is -2.18. The van der Waals surface area contributed by atoms with Crippen LogP contribution in [0.3, 0.4) is 0 Å². The standard InChI is InChI=1S/C21H19F3N4O/c22-21(23,24)15-6-3-7-16(12-15)28-9-8-19(27-28)26-20(29)17-10-13-4-1-2-5-14(13)11-18(17)25/h3,6-12H,1-2,4-5,25H2,(H,26,27,29). The molecule has 3 N–H and O–H groups in total. The fraction of sp³-hybridized carbons (Fsp3) is 0.238. The van der Waals surface area contributed by atoms with Crippen LogP contribution >= 0.6 is 0 Å². The summed E-state index contributed by atoms with van der Waals surface area (Å²) in [6.45, 7) is 0. The van der Waals surface area contributed by atoms with Crippen molar-refractivity contribution in [2.75, 3.05) is 11.1 Å². The van der Waals surface area contributed by atoms with Crippen LogP contribution in [0.25, 0.3) is 5.69 Å². The van der Waals surface area contributed by atoms with Crippen molar-refractivity contribution in [3.05, 3.63) is 70.9 Å². The number of aromatic nitrogens is 2. The molecule has 0 fully saturated rings. The van der Waals surface area contributed by atoms with Gasteiger partial charge in [0.15, 0.2) is 5.82 Å². The number of nitrogens with one attached hydrogen (secondary N) is 1. The Balaban J connectivity index is 1.55. The smallest absolute Gasteiger partial charge is 0.398 e. The Kier molecular flexibility index (Phi) is 4.77. The monoisotopic (exact) mass is 400 g/mol. The number of anilines is 2.